The number of hydrogen-bond donors (Lipinski definition) is 1. The van der Waals surface area contributed by atoms with Crippen molar-refractivity contribution in [2.75, 3.05) is 6.54 Å². The van der Waals surface area contributed by atoms with Crippen molar-refractivity contribution in [1.29, 1.82) is 0 Å². The van der Waals surface area contributed by atoms with Crippen LogP contribution in [-0.4, -0.2) is 29.3 Å². The fraction of sp³-hybridized carbons (Fsp3) is 0.333. The summed E-state index contributed by atoms with van der Waals surface area (Å²) in [5.74, 6) is -0.186. The molecule has 0 fully saturated rings. The van der Waals surface area contributed by atoms with Gasteiger partial charge in [-0.15, -0.1) is 0 Å². The van der Waals surface area contributed by atoms with Gasteiger partial charge < -0.3 is 10.2 Å². The van der Waals surface area contributed by atoms with E-state index >= 15 is 0 Å². The van der Waals surface area contributed by atoms with Crippen molar-refractivity contribution in [2.24, 2.45) is 0 Å². The summed E-state index contributed by atoms with van der Waals surface area (Å²) in [5.41, 5.74) is 1.88. The van der Waals surface area contributed by atoms with Crippen LogP contribution in [0.1, 0.15) is 31.4 Å². The highest BCUT2D eigenvalue weighted by atomic mass is 35.5. The van der Waals surface area contributed by atoms with Gasteiger partial charge in [0.2, 0.25) is 11.8 Å². The minimum absolute atomic E-state index is 0.0655. The van der Waals surface area contributed by atoms with E-state index < -0.39 is 6.04 Å². The van der Waals surface area contributed by atoms with E-state index in [1.165, 1.54) is 0 Å². The maximum absolute atomic E-state index is 13.0. The zero-order valence-electron chi connectivity index (χ0n) is 15.2. The van der Waals surface area contributed by atoms with Crippen LogP contribution in [0.25, 0.3) is 0 Å². The molecule has 0 spiro atoms. The zero-order chi connectivity index (χ0) is 18.9. The molecule has 0 bridgehead atoms. The first kappa shape index (κ1) is 20.0. The first-order chi connectivity index (χ1) is 12.5. The average molecular weight is 373 g/mol. The second-order valence-electron chi connectivity index (χ2n) is 6.13. The number of nitrogens with zero attached hydrogens (tertiary/aromatic N) is 1. The van der Waals surface area contributed by atoms with Crippen molar-refractivity contribution in [3.05, 3.63) is 70.7 Å². The van der Waals surface area contributed by atoms with E-state index in [0.717, 1.165) is 11.1 Å². The third-order valence-electron chi connectivity index (χ3n) is 4.20. The predicted octanol–water partition coefficient (Wildman–Crippen LogP) is 3.83. The smallest absolute Gasteiger partial charge is 0.242 e. The van der Waals surface area contributed by atoms with Crippen LogP contribution in [0.2, 0.25) is 5.02 Å². The van der Waals surface area contributed by atoms with Crippen LogP contribution in [0.3, 0.4) is 0 Å². The summed E-state index contributed by atoms with van der Waals surface area (Å²) < 4.78 is 0. The maximum atomic E-state index is 13.0. The topological polar surface area (TPSA) is 49.4 Å². The molecule has 0 aliphatic rings. The van der Waals surface area contributed by atoms with Gasteiger partial charge in [0.1, 0.15) is 6.04 Å². The van der Waals surface area contributed by atoms with Crippen LogP contribution in [0.4, 0.5) is 0 Å². The number of halogens is 1. The molecule has 0 aliphatic carbocycles. The van der Waals surface area contributed by atoms with Crippen molar-refractivity contribution in [3.63, 3.8) is 0 Å². The van der Waals surface area contributed by atoms with Crippen molar-refractivity contribution in [3.8, 4) is 0 Å². The third-order valence-corrected chi connectivity index (χ3v) is 4.45. The summed E-state index contributed by atoms with van der Waals surface area (Å²) in [5, 5.41) is 3.48. The SMILES string of the molecule is CCNC(=O)[C@@H](CC)N(Cc1ccc(Cl)cc1)C(=O)Cc1ccccc1. The second-order valence-corrected chi connectivity index (χ2v) is 6.57. The first-order valence-corrected chi connectivity index (χ1v) is 9.28. The molecule has 0 unspecified atom stereocenters. The lowest BCUT2D eigenvalue weighted by atomic mass is 10.1. The van der Waals surface area contributed by atoms with E-state index in [1.54, 1.807) is 17.0 Å². The van der Waals surface area contributed by atoms with E-state index in [9.17, 15) is 9.59 Å². The molecule has 2 rings (SSSR count). The Morgan fingerprint density at radius 3 is 2.23 bits per heavy atom. The van der Waals surface area contributed by atoms with Crippen LogP contribution < -0.4 is 5.32 Å². The van der Waals surface area contributed by atoms with E-state index in [0.29, 0.717) is 24.5 Å². The summed E-state index contributed by atoms with van der Waals surface area (Å²) in [7, 11) is 0. The van der Waals surface area contributed by atoms with Crippen molar-refractivity contribution < 1.29 is 9.59 Å². The van der Waals surface area contributed by atoms with Crippen LogP contribution in [0.15, 0.2) is 54.6 Å². The van der Waals surface area contributed by atoms with Gasteiger partial charge in [-0.25, -0.2) is 0 Å². The second kappa shape index (κ2) is 9.97. The molecule has 0 saturated carbocycles. The Hall–Kier alpha value is -2.33. The number of carbonyl (C=O) groups excluding carboxylic acids is 2. The molecule has 4 nitrogen and oxygen atoms in total. The van der Waals surface area contributed by atoms with Crippen LogP contribution in [-0.2, 0) is 22.6 Å². The first-order valence-electron chi connectivity index (χ1n) is 8.90. The Morgan fingerprint density at radius 1 is 1.00 bits per heavy atom. The van der Waals surface area contributed by atoms with Crippen molar-refractivity contribution in [2.45, 2.75) is 39.3 Å². The molecule has 1 N–H and O–H groups in total. The van der Waals surface area contributed by atoms with Gasteiger partial charge >= 0.3 is 0 Å². The largest absolute Gasteiger partial charge is 0.355 e. The van der Waals surface area contributed by atoms with Gasteiger partial charge in [0.25, 0.3) is 0 Å². The molecule has 0 aliphatic heterocycles. The van der Waals surface area contributed by atoms with Crippen molar-refractivity contribution >= 4 is 23.4 Å². The van der Waals surface area contributed by atoms with Crippen LogP contribution in [0, 0.1) is 0 Å². The standard InChI is InChI=1S/C21H25ClN2O2/c1-3-19(21(26)23-4-2)24(15-17-10-12-18(22)13-11-17)20(25)14-16-8-6-5-7-9-16/h5-13,19H,3-4,14-15H2,1-2H3,(H,23,26)/t19-/m1/s1. The molecule has 2 aromatic rings. The number of amides is 2. The van der Waals surface area contributed by atoms with Crippen LogP contribution in [0.5, 0.6) is 0 Å². The lowest BCUT2D eigenvalue weighted by Gasteiger charge is -2.30. The monoisotopic (exact) mass is 372 g/mol. The van der Waals surface area contributed by atoms with E-state index in [1.807, 2.05) is 56.3 Å². The molecule has 0 aromatic heterocycles. The third kappa shape index (κ3) is 5.60. The number of carbonyl (C=O) groups is 2. The zero-order valence-corrected chi connectivity index (χ0v) is 16.0. The van der Waals surface area contributed by atoms with Gasteiger partial charge in [-0.05, 0) is 36.6 Å². The Kier molecular flexibility index (Phi) is 7.67. The Labute approximate surface area is 160 Å². The molecule has 0 radical (unpaired) electrons. The van der Waals surface area contributed by atoms with Gasteiger partial charge in [-0.2, -0.15) is 0 Å². The Bertz CT molecular complexity index is 717. The molecule has 26 heavy (non-hydrogen) atoms. The highest BCUT2D eigenvalue weighted by Gasteiger charge is 2.28. The molecule has 1 atom stereocenters. The molecule has 138 valence electrons. The van der Waals surface area contributed by atoms with Crippen molar-refractivity contribution in [1.82, 2.24) is 10.2 Å². The number of likely N-dealkylation sites (N-methyl/N-ethyl adjacent to an activating group) is 1. The summed E-state index contributed by atoms with van der Waals surface area (Å²) in [6, 6.07) is 16.4. The average Bonchev–Trinajstić information content (AvgIpc) is 2.64. The highest BCUT2D eigenvalue weighted by Crippen LogP contribution is 2.16. The van der Waals surface area contributed by atoms with E-state index in [-0.39, 0.29) is 18.2 Å². The van der Waals surface area contributed by atoms with Gasteiger partial charge in [-0.1, -0.05) is 61.0 Å². The van der Waals surface area contributed by atoms with Gasteiger partial charge in [0.05, 0.1) is 6.42 Å². The Morgan fingerprint density at radius 2 is 1.65 bits per heavy atom. The highest BCUT2D eigenvalue weighted by molar-refractivity contribution is 6.30. The minimum atomic E-state index is -0.498. The fourth-order valence-corrected chi connectivity index (χ4v) is 3.00. The molecule has 2 amide bonds. The summed E-state index contributed by atoms with van der Waals surface area (Å²) in [4.78, 5) is 27.2. The number of rotatable bonds is 8. The number of nitrogens with one attached hydrogen (secondary N) is 1. The molecular formula is C21H25ClN2O2. The van der Waals surface area contributed by atoms with Crippen LogP contribution >= 0.6 is 11.6 Å². The lowest BCUT2D eigenvalue weighted by Crippen LogP contribution is -2.49. The van der Waals surface area contributed by atoms with Gasteiger partial charge in [0.15, 0.2) is 0 Å². The number of benzene rings is 2. The molecular weight excluding hydrogens is 348 g/mol. The number of hydrogen-bond acceptors (Lipinski definition) is 2. The normalized spacial score (nSPS) is 11.7. The minimum Gasteiger partial charge on any atom is -0.355 e. The molecule has 2 aromatic carbocycles. The maximum Gasteiger partial charge on any atom is 0.242 e. The lowest BCUT2D eigenvalue weighted by molar-refractivity contribution is -0.140. The summed E-state index contributed by atoms with van der Waals surface area (Å²) in [6.45, 7) is 4.71. The summed E-state index contributed by atoms with van der Waals surface area (Å²) in [6.07, 6.45) is 0.824. The summed E-state index contributed by atoms with van der Waals surface area (Å²) >= 11 is 5.95. The van der Waals surface area contributed by atoms with E-state index in [2.05, 4.69) is 5.32 Å². The quantitative estimate of drug-likeness (QED) is 0.765. The van der Waals surface area contributed by atoms with Gasteiger partial charge in [0, 0.05) is 18.1 Å². The molecule has 0 saturated heterocycles. The Balaban J connectivity index is 2.25. The predicted molar refractivity (Wildman–Crippen MR) is 105 cm³/mol. The van der Waals surface area contributed by atoms with Gasteiger partial charge in [-0.3, -0.25) is 9.59 Å². The molecule has 5 heteroatoms. The molecule has 0 heterocycles. The fourth-order valence-electron chi connectivity index (χ4n) is 2.87. The van der Waals surface area contributed by atoms with E-state index in [4.69, 9.17) is 11.6 Å².